The van der Waals surface area contributed by atoms with Crippen molar-refractivity contribution in [2.45, 2.75) is 6.54 Å². The van der Waals surface area contributed by atoms with Crippen LogP contribution in [0.3, 0.4) is 0 Å². The van der Waals surface area contributed by atoms with Crippen LogP contribution < -0.4 is 10.6 Å². The van der Waals surface area contributed by atoms with Gasteiger partial charge in [0.05, 0.1) is 23.9 Å². The van der Waals surface area contributed by atoms with Gasteiger partial charge in [-0.1, -0.05) is 6.07 Å². The number of hydrogen-bond acceptors (Lipinski definition) is 6. The van der Waals surface area contributed by atoms with Crippen molar-refractivity contribution in [1.29, 1.82) is 5.26 Å². The van der Waals surface area contributed by atoms with Crippen molar-refractivity contribution < 1.29 is 4.79 Å². The first-order valence-corrected chi connectivity index (χ1v) is 7.53. The first kappa shape index (κ1) is 16.1. The number of amides is 1. The molecule has 7 nitrogen and oxygen atoms in total. The minimum Gasteiger partial charge on any atom is -0.349 e. The number of anilines is 2. The third kappa shape index (κ3) is 4.36. The summed E-state index contributed by atoms with van der Waals surface area (Å²) >= 11 is 0. The number of aromatic nitrogens is 3. The van der Waals surface area contributed by atoms with Crippen LogP contribution in [0, 0.1) is 11.3 Å². The molecule has 2 aromatic heterocycles. The molecule has 122 valence electrons. The topological polar surface area (TPSA) is 104 Å². The van der Waals surface area contributed by atoms with Crippen LogP contribution in [0.5, 0.6) is 0 Å². The van der Waals surface area contributed by atoms with Crippen LogP contribution >= 0.6 is 0 Å². The fraction of sp³-hybridized carbons (Fsp3) is 0.0556. The number of hydrogen-bond donors (Lipinski definition) is 2. The zero-order valence-electron chi connectivity index (χ0n) is 13.2. The predicted molar refractivity (Wildman–Crippen MR) is 92.7 cm³/mol. The Hall–Kier alpha value is -3.79. The summed E-state index contributed by atoms with van der Waals surface area (Å²) in [5, 5.41) is 14.6. The van der Waals surface area contributed by atoms with E-state index in [1.54, 1.807) is 30.5 Å². The van der Waals surface area contributed by atoms with Crippen molar-refractivity contribution in [3.8, 4) is 6.07 Å². The van der Waals surface area contributed by atoms with E-state index in [0.29, 0.717) is 23.7 Å². The summed E-state index contributed by atoms with van der Waals surface area (Å²) in [6, 6.07) is 15.8. The molecule has 2 N–H and O–H groups in total. The maximum atomic E-state index is 12.3. The van der Waals surface area contributed by atoms with E-state index in [2.05, 4.69) is 25.6 Å². The van der Waals surface area contributed by atoms with Crippen LogP contribution in [-0.4, -0.2) is 20.9 Å². The normalized spacial score (nSPS) is 9.88. The highest BCUT2D eigenvalue weighted by Gasteiger charge is 2.09. The molecule has 0 unspecified atom stereocenters. The molecule has 3 rings (SSSR count). The monoisotopic (exact) mass is 330 g/mol. The molecule has 0 aliphatic heterocycles. The standard InChI is InChI=1S/C18H14N6O/c19-11-13-4-6-14(7-5-13)23-17(25)16-8-10-21-18(24-16)22-12-15-3-1-2-9-20-15/h1-10H,12H2,(H,23,25)(H,21,22,24). The Bertz CT molecular complexity index is 903. The molecular weight excluding hydrogens is 316 g/mol. The summed E-state index contributed by atoms with van der Waals surface area (Å²) in [4.78, 5) is 24.8. The Kier molecular flexibility index (Phi) is 4.93. The summed E-state index contributed by atoms with van der Waals surface area (Å²) in [5.74, 6) is -0.00822. The molecule has 1 amide bonds. The van der Waals surface area contributed by atoms with E-state index in [1.807, 2.05) is 24.3 Å². The molecular formula is C18H14N6O. The van der Waals surface area contributed by atoms with E-state index < -0.39 is 0 Å². The van der Waals surface area contributed by atoms with Gasteiger partial charge in [0.2, 0.25) is 5.95 Å². The van der Waals surface area contributed by atoms with Gasteiger partial charge in [-0.25, -0.2) is 9.97 Å². The summed E-state index contributed by atoms with van der Waals surface area (Å²) in [6.07, 6.45) is 3.22. The number of nitrogens with zero attached hydrogens (tertiary/aromatic N) is 4. The van der Waals surface area contributed by atoms with Crippen LogP contribution in [0.4, 0.5) is 11.6 Å². The lowest BCUT2D eigenvalue weighted by Crippen LogP contribution is -2.15. The van der Waals surface area contributed by atoms with E-state index in [1.165, 1.54) is 12.3 Å². The highest BCUT2D eigenvalue weighted by Crippen LogP contribution is 2.11. The zero-order valence-corrected chi connectivity index (χ0v) is 13.2. The first-order valence-electron chi connectivity index (χ1n) is 7.53. The van der Waals surface area contributed by atoms with E-state index in [4.69, 9.17) is 5.26 Å². The van der Waals surface area contributed by atoms with Crippen LogP contribution in [0.2, 0.25) is 0 Å². The summed E-state index contributed by atoms with van der Waals surface area (Å²) in [7, 11) is 0. The molecule has 0 spiro atoms. The van der Waals surface area contributed by atoms with Gasteiger partial charge in [0.1, 0.15) is 5.69 Å². The molecule has 3 aromatic rings. The van der Waals surface area contributed by atoms with Gasteiger partial charge in [-0.15, -0.1) is 0 Å². The second-order valence-electron chi connectivity index (χ2n) is 5.08. The van der Waals surface area contributed by atoms with Crippen molar-refractivity contribution in [2.75, 3.05) is 10.6 Å². The van der Waals surface area contributed by atoms with Crippen LogP contribution in [0.1, 0.15) is 21.7 Å². The average Bonchev–Trinajstić information content (AvgIpc) is 2.68. The van der Waals surface area contributed by atoms with Gasteiger partial charge < -0.3 is 10.6 Å². The van der Waals surface area contributed by atoms with E-state index in [9.17, 15) is 4.79 Å². The number of benzene rings is 1. The lowest BCUT2D eigenvalue weighted by atomic mass is 10.2. The second-order valence-corrected chi connectivity index (χ2v) is 5.08. The Morgan fingerprint density at radius 2 is 1.88 bits per heavy atom. The SMILES string of the molecule is N#Cc1ccc(NC(=O)c2ccnc(NCc3ccccn3)n2)cc1. The summed E-state index contributed by atoms with van der Waals surface area (Å²) in [5.41, 5.74) is 2.20. The fourth-order valence-corrected chi connectivity index (χ4v) is 2.07. The highest BCUT2D eigenvalue weighted by molar-refractivity contribution is 6.02. The van der Waals surface area contributed by atoms with E-state index in [-0.39, 0.29) is 11.6 Å². The molecule has 0 radical (unpaired) electrons. The smallest absolute Gasteiger partial charge is 0.274 e. The van der Waals surface area contributed by atoms with Crippen LogP contribution in [0.25, 0.3) is 0 Å². The summed E-state index contributed by atoms with van der Waals surface area (Å²) in [6.45, 7) is 0.460. The first-order chi connectivity index (χ1) is 12.2. The van der Waals surface area contributed by atoms with Gasteiger partial charge in [0, 0.05) is 18.1 Å². The van der Waals surface area contributed by atoms with Gasteiger partial charge >= 0.3 is 0 Å². The average molecular weight is 330 g/mol. The molecule has 0 aliphatic carbocycles. The number of carbonyl (C=O) groups excluding carboxylic acids is 1. The van der Waals surface area contributed by atoms with Crippen molar-refractivity contribution in [1.82, 2.24) is 15.0 Å². The highest BCUT2D eigenvalue weighted by atomic mass is 16.1. The molecule has 0 bridgehead atoms. The molecule has 0 aliphatic rings. The van der Waals surface area contributed by atoms with Crippen molar-refractivity contribution in [2.24, 2.45) is 0 Å². The largest absolute Gasteiger partial charge is 0.349 e. The third-order valence-corrected chi connectivity index (χ3v) is 3.31. The molecule has 0 saturated carbocycles. The van der Waals surface area contributed by atoms with Gasteiger partial charge in [-0.2, -0.15) is 5.26 Å². The Labute approximate surface area is 144 Å². The van der Waals surface area contributed by atoms with Gasteiger partial charge in [-0.05, 0) is 42.5 Å². The maximum absolute atomic E-state index is 12.3. The Morgan fingerprint density at radius 3 is 2.60 bits per heavy atom. The zero-order chi connectivity index (χ0) is 17.5. The van der Waals surface area contributed by atoms with Crippen molar-refractivity contribution >= 4 is 17.5 Å². The van der Waals surface area contributed by atoms with Crippen LogP contribution in [-0.2, 0) is 6.54 Å². The Balaban J connectivity index is 1.65. The number of pyridine rings is 1. The lowest BCUT2D eigenvalue weighted by molar-refractivity contribution is 0.102. The predicted octanol–water partition coefficient (Wildman–Crippen LogP) is 2.61. The second kappa shape index (κ2) is 7.66. The third-order valence-electron chi connectivity index (χ3n) is 3.31. The van der Waals surface area contributed by atoms with E-state index >= 15 is 0 Å². The minimum absolute atomic E-state index is 0.239. The molecule has 1 aromatic carbocycles. The van der Waals surface area contributed by atoms with E-state index in [0.717, 1.165) is 5.69 Å². The van der Waals surface area contributed by atoms with Gasteiger partial charge in [0.25, 0.3) is 5.91 Å². The fourth-order valence-electron chi connectivity index (χ4n) is 2.07. The Morgan fingerprint density at radius 1 is 1.04 bits per heavy atom. The lowest BCUT2D eigenvalue weighted by Gasteiger charge is -2.07. The minimum atomic E-state index is -0.354. The number of carbonyl (C=O) groups is 1. The van der Waals surface area contributed by atoms with Crippen LogP contribution in [0.15, 0.2) is 60.9 Å². The van der Waals surface area contributed by atoms with Gasteiger partial charge in [-0.3, -0.25) is 9.78 Å². The number of rotatable bonds is 5. The number of nitrogens with one attached hydrogen (secondary N) is 2. The molecule has 0 fully saturated rings. The van der Waals surface area contributed by atoms with Gasteiger partial charge in [0.15, 0.2) is 0 Å². The molecule has 25 heavy (non-hydrogen) atoms. The number of nitriles is 1. The van der Waals surface area contributed by atoms with Crippen molar-refractivity contribution in [3.05, 3.63) is 77.9 Å². The maximum Gasteiger partial charge on any atom is 0.274 e. The molecule has 7 heteroatoms. The molecule has 2 heterocycles. The quantitative estimate of drug-likeness (QED) is 0.745. The molecule has 0 saturated heterocycles. The summed E-state index contributed by atoms with van der Waals surface area (Å²) < 4.78 is 0. The molecule has 0 atom stereocenters. The van der Waals surface area contributed by atoms with Crippen molar-refractivity contribution in [3.63, 3.8) is 0 Å².